The van der Waals surface area contributed by atoms with Crippen LogP contribution in [0.1, 0.15) is 35.8 Å². The van der Waals surface area contributed by atoms with E-state index < -0.39 is 5.41 Å². The standard InChI is InChI=1S/C15H19N3O2/c1-11-7-13(19)12(8-17(11)3)14(20)18-6-4-5-15(2,9-16)10-18/h7-8H,4-6,10H2,1-3H3. The van der Waals surface area contributed by atoms with Gasteiger partial charge in [0.2, 0.25) is 0 Å². The van der Waals surface area contributed by atoms with Gasteiger partial charge in [-0.25, -0.2) is 0 Å². The fourth-order valence-electron chi connectivity index (χ4n) is 2.56. The van der Waals surface area contributed by atoms with Gasteiger partial charge in [0.25, 0.3) is 5.91 Å². The smallest absolute Gasteiger partial charge is 0.259 e. The molecule has 0 N–H and O–H groups in total. The Balaban J connectivity index is 2.31. The lowest BCUT2D eigenvalue weighted by molar-refractivity contribution is 0.0628. The Labute approximate surface area is 118 Å². The van der Waals surface area contributed by atoms with E-state index in [0.29, 0.717) is 13.1 Å². The van der Waals surface area contributed by atoms with Gasteiger partial charge in [-0.1, -0.05) is 0 Å². The summed E-state index contributed by atoms with van der Waals surface area (Å²) in [7, 11) is 1.81. The molecule has 1 aliphatic heterocycles. The molecule has 20 heavy (non-hydrogen) atoms. The van der Waals surface area contributed by atoms with Gasteiger partial charge in [-0.15, -0.1) is 0 Å². The highest BCUT2D eigenvalue weighted by Gasteiger charge is 2.34. The molecule has 2 rings (SSSR count). The number of hydrogen-bond donors (Lipinski definition) is 0. The second-order valence-corrected chi connectivity index (χ2v) is 5.81. The number of pyridine rings is 1. The molecule has 1 aromatic heterocycles. The van der Waals surface area contributed by atoms with Crippen LogP contribution in [0.25, 0.3) is 0 Å². The molecule has 106 valence electrons. The van der Waals surface area contributed by atoms with Crippen molar-refractivity contribution >= 4 is 5.91 Å². The third kappa shape index (κ3) is 2.60. The molecule has 5 nitrogen and oxygen atoms in total. The molecule has 0 saturated carbocycles. The van der Waals surface area contributed by atoms with Crippen molar-refractivity contribution in [3.05, 3.63) is 33.7 Å². The summed E-state index contributed by atoms with van der Waals surface area (Å²) in [4.78, 5) is 26.1. The maximum absolute atomic E-state index is 12.5. The van der Waals surface area contributed by atoms with Crippen molar-refractivity contribution in [3.63, 3.8) is 0 Å². The average molecular weight is 273 g/mol. The lowest BCUT2D eigenvalue weighted by Crippen LogP contribution is -2.45. The Bertz CT molecular complexity index is 641. The van der Waals surface area contributed by atoms with E-state index >= 15 is 0 Å². The van der Waals surface area contributed by atoms with Crippen LogP contribution < -0.4 is 5.43 Å². The molecule has 5 heteroatoms. The second kappa shape index (κ2) is 5.12. The lowest BCUT2D eigenvalue weighted by atomic mass is 9.83. The van der Waals surface area contributed by atoms with Crippen LogP contribution in [0, 0.1) is 23.7 Å². The Morgan fingerprint density at radius 3 is 2.85 bits per heavy atom. The summed E-state index contributed by atoms with van der Waals surface area (Å²) in [6, 6.07) is 3.75. The van der Waals surface area contributed by atoms with E-state index in [2.05, 4.69) is 6.07 Å². The maximum Gasteiger partial charge on any atom is 0.259 e. The topological polar surface area (TPSA) is 66.1 Å². The van der Waals surface area contributed by atoms with Crippen molar-refractivity contribution in [1.29, 1.82) is 5.26 Å². The van der Waals surface area contributed by atoms with E-state index in [-0.39, 0.29) is 16.9 Å². The van der Waals surface area contributed by atoms with E-state index in [1.165, 1.54) is 6.07 Å². The number of nitrogens with zero attached hydrogens (tertiary/aromatic N) is 3. The van der Waals surface area contributed by atoms with Crippen molar-refractivity contribution in [2.45, 2.75) is 26.7 Å². The van der Waals surface area contributed by atoms with E-state index in [1.54, 1.807) is 22.7 Å². The van der Waals surface area contributed by atoms with Crippen LogP contribution in [-0.2, 0) is 7.05 Å². The molecule has 1 amide bonds. The number of nitriles is 1. The zero-order chi connectivity index (χ0) is 14.9. The van der Waals surface area contributed by atoms with E-state index in [1.807, 2.05) is 13.8 Å². The molecule has 0 aliphatic carbocycles. The summed E-state index contributed by atoms with van der Waals surface area (Å²) in [5, 5.41) is 9.20. The summed E-state index contributed by atoms with van der Waals surface area (Å²) >= 11 is 0. The van der Waals surface area contributed by atoms with Crippen LogP contribution in [0.4, 0.5) is 0 Å². The molecule has 2 heterocycles. The number of amides is 1. The number of hydrogen-bond acceptors (Lipinski definition) is 3. The summed E-state index contributed by atoms with van der Waals surface area (Å²) in [6.45, 7) is 4.68. The number of aryl methyl sites for hydroxylation is 2. The van der Waals surface area contributed by atoms with Gasteiger partial charge < -0.3 is 9.47 Å². The molecule has 1 aromatic rings. The quantitative estimate of drug-likeness (QED) is 0.778. The van der Waals surface area contributed by atoms with E-state index in [0.717, 1.165) is 18.5 Å². The zero-order valence-corrected chi connectivity index (χ0v) is 12.1. The first-order chi connectivity index (χ1) is 9.36. The Kier molecular flexibility index (Phi) is 3.67. The first-order valence-corrected chi connectivity index (χ1v) is 6.74. The lowest BCUT2D eigenvalue weighted by Gasteiger charge is -2.35. The highest BCUT2D eigenvalue weighted by Crippen LogP contribution is 2.28. The Morgan fingerprint density at radius 1 is 1.50 bits per heavy atom. The minimum absolute atomic E-state index is 0.181. The molecular weight excluding hydrogens is 254 g/mol. The highest BCUT2D eigenvalue weighted by molar-refractivity contribution is 5.94. The number of likely N-dealkylation sites (tertiary alicyclic amines) is 1. The molecule has 1 aliphatic rings. The summed E-state index contributed by atoms with van der Waals surface area (Å²) in [5.41, 5.74) is 0.228. The van der Waals surface area contributed by atoms with E-state index in [4.69, 9.17) is 0 Å². The fourth-order valence-corrected chi connectivity index (χ4v) is 2.56. The molecule has 1 atom stereocenters. The van der Waals surface area contributed by atoms with Gasteiger partial charge in [0, 0.05) is 38.1 Å². The SMILES string of the molecule is Cc1cc(=O)c(C(=O)N2CCCC(C)(C#N)C2)cn1C. The van der Waals surface area contributed by atoms with Gasteiger partial charge >= 0.3 is 0 Å². The van der Waals surface area contributed by atoms with Gasteiger partial charge in [-0.05, 0) is 26.7 Å². The molecule has 0 bridgehead atoms. The molecular formula is C15H19N3O2. The fraction of sp³-hybridized carbons (Fsp3) is 0.533. The van der Waals surface area contributed by atoms with Crippen LogP contribution in [-0.4, -0.2) is 28.5 Å². The van der Waals surface area contributed by atoms with Gasteiger partial charge in [0.15, 0.2) is 5.43 Å². The van der Waals surface area contributed by atoms with Gasteiger partial charge in [0.1, 0.15) is 5.56 Å². The molecule has 0 aromatic carbocycles. The van der Waals surface area contributed by atoms with Crippen LogP contribution in [0.2, 0.25) is 0 Å². The Morgan fingerprint density at radius 2 is 2.20 bits per heavy atom. The van der Waals surface area contributed by atoms with Crippen LogP contribution in [0.3, 0.4) is 0 Å². The van der Waals surface area contributed by atoms with Gasteiger partial charge in [0.05, 0.1) is 11.5 Å². The number of carbonyl (C=O) groups excluding carboxylic acids is 1. The van der Waals surface area contributed by atoms with Crippen LogP contribution in [0.5, 0.6) is 0 Å². The number of rotatable bonds is 1. The van der Waals surface area contributed by atoms with Crippen molar-refractivity contribution in [2.24, 2.45) is 12.5 Å². The first kappa shape index (κ1) is 14.3. The number of carbonyl (C=O) groups is 1. The minimum atomic E-state index is -0.510. The zero-order valence-electron chi connectivity index (χ0n) is 12.1. The second-order valence-electron chi connectivity index (χ2n) is 5.81. The summed E-state index contributed by atoms with van der Waals surface area (Å²) < 4.78 is 1.77. The first-order valence-electron chi connectivity index (χ1n) is 6.74. The van der Waals surface area contributed by atoms with E-state index in [9.17, 15) is 14.9 Å². The largest absolute Gasteiger partial charge is 0.354 e. The molecule has 1 fully saturated rings. The highest BCUT2D eigenvalue weighted by atomic mass is 16.2. The van der Waals surface area contributed by atoms with Crippen molar-refractivity contribution in [2.75, 3.05) is 13.1 Å². The maximum atomic E-state index is 12.5. The number of aromatic nitrogens is 1. The normalized spacial score (nSPS) is 22.4. The molecule has 1 unspecified atom stereocenters. The Hall–Kier alpha value is -2.09. The average Bonchev–Trinajstić information content (AvgIpc) is 2.42. The van der Waals surface area contributed by atoms with Crippen molar-refractivity contribution in [3.8, 4) is 6.07 Å². The minimum Gasteiger partial charge on any atom is -0.354 e. The monoisotopic (exact) mass is 273 g/mol. The van der Waals surface area contributed by atoms with Crippen molar-refractivity contribution in [1.82, 2.24) is 9.47 Å². The van der Waals surface area contributed by atoms with Gasteiger partial charge in [-0.2, -0.15) is 5.26 Å². The van der Waals surface area contributed by atoms with Crippen LogP contribution >= 0.6 is 0 Å². The van der Waals surface area contributed by atoms with Crippen molar-refractivity contribution < 1.29 is 4.79 Å². The predicted octanol–water partition coefficient (Wildman–Crippen LogP) is 1.46. The third-order valence-corrected chi connectivity index (χ3v) is 3.97. The summed E-state index contributed by atoms with van der Waals surface area (Å²) in [6.07, 6.45) is 3.17. The molecule has 1 saturated heterocycles. The van der Waals surface area contributed by atoms with Crippen LogP contribution in [0.15, 0.2) is 17.1 Å². The van der Waals surface area contributed by atoms with Gasteiger partial charge in [-0.3, -0.25) is 9.59 Å². The third-order valence-electron chi connectivity index (χ3n) is 3.97. The number of piperidine rings is 1. The predicted molar refractivity (Wildman–Crippen MR) is 75.3 cm³/mol. The molecule has 0 radical (unpaired) electrons. The molecule has 0 spiro atoms. The summed E-state index contributed by atoms with van der Waals surface area (Å²) in [5.74, 6) is -0.272.